The number of carbonyl (C=O) groups is 1. The molecule has 1 fully saturated rings. The molecule has 0 atom stereocenters. The van der Waals surface area contributed by atoms with Crippen molar-refractivity contribution in [1.82, 2.24) is 10.2 Å². The summed E-state index contributed by atoms with van der Waals surface area (Å²) in [6.45, 7) is 6.79. The molecule has 1 aliphatic heterocycles. The van der Waals surface area contributed by atoms with E-state index < -0.39 is 0 Å². The SMILES string of the molecule is CCc1ccccc1NC(=NCCN1CCOCC1)NC(=O)c1ccccc1Cl. The van der Waals surface area contributed by atoms with E-state index in [-0.39, 0.29) is 5.91 Å². The third-order valence-corrected chi connectivity index (χ3v) is 5.12. The number of nitrogens with zero attached hydrogens (tertiary/aromatic N) is 2. The molecule has 2 N–H and O–H groups in total. The molecule has 3 rings (SSSR count). The fourth-order valence-electron chi connectivity index (χ4n) is 3.14. The van der Waals surface area contributed by atoms with Crippen LogP contribution in [-0.4, -0.2) is 56.2 Å². The van der Waals surface area contributed by atoms with Crippen molar-refractivity contribution in [3.8, 4) is 0 Å². The number of ether oxygens (including phenoxy) is 1. The molecule has 1 aliphatic rings. The van der Waals surface area contributed by atoms with Crippen LogP contribution in [0.3, 0.4) is 0 Å². The first kappa shape index (κ1) is 21.3. The molecule has 29 heavy (non-hydrogen) atoms. The Morgan fingerprint density at radius 2 is 1.86 bits per heavy atom. The van der Waals surface area contributed by atoms with Crippen LogP contribution in [0.1, 0.15) is 22.8 Å². The molecule has 7 heteroatoms. The molecule has 0 spiro atoms. The largest absolute Gasteiger partial charge is 0.379 e. The van der Waals surface area contributed by atoms with Gasteiger partial charge in [0, 0.05) is 25.3 Å². The molecule has 1 amide bonds. The van der Waals surface area contributed by atoms with Crippen molar-refractivity contribution < 1.29 is 9.53 Å². The van der Waals surface area contributed by atoms with Crippen LogP contribution in [0, 0.1) is 0 Å². The Morgan fingerprint density at radius 3 is 2.62 bits per heavy atom. The Labute approximate surface area is 176 Å². The molecule has 1 saturated heterocycles. The zero-order chi connectivity index (χ0) is 20.5. The minimum Gasteiger partial charge on any atom is -0.379 e. The van der Waals surface area contributed by atoms with Crippen molar-refractivity contribution in [2.75, 3.05) is 44.7 Å². The van der Waals surface area contributed by atoms with Gasteiger partial charge in [0.1, 0.15) is 0 Å². The van der Waals surface area contributed by atoms with E-state index in [1.807, 2.05) is 18.2 Å². The summed E-state index contributed by atoms with van der Waals surface area (Å²) in [7, 11) is 0. The number of aliphatic imine (C=N–C) groups is 1. The zero-order valence-corrected chi connectivity index (χ0v) is 17.4. The van der Waals surface area contributed by atoms with Crippen LogP contribution in [0.5, 0.6) is 0 Å². The molecule has 154 valence electrons. The minimum atomic E-state index is -0.290. The summed E-state index contributed by atoms with van der Waals surface area (Å²) in [6, 6.07) is 15.0. The standard InChI is InChI=1S/C22H27ClN4O2/c1-2-17-7-3-6-10-20(17)25-22(24-11-12-27-13-15-29-16-14-27)26-21(28)18-8-4-5-9-19(18)23/h3-10H,2,11-16H2,1H3,(H2,24,25,26,28). The fourth-order valence-corrected chi connectivity index (χ4v) is 3.36. The van der Waals surface area contributed by atoms with Crippen molar-refractivity contribution in [2.45, 2.75) is 13.3 Å². The van der Waals surface area contributed by atoms with Crippen LogP contribution in [0.25, 0.3) is 0 Å². The maximum atomic E-state index is 12.7. The van der Waals surface area contributed by atoms with Crippen LogP contribution in [0.2, 0.25) is 5.02 Å². The van der Waals surface area contributed by atoms with Crippen LogP contribution < -0.4 is 10.6 Å². The Balaban J connectivity index is 1.73. The summed E-state index contributed by atoms with van der Waals surface area (Å²) in [6.07, 6.45) is 0.878. The number of nitrogens with one attached hydrogen (secondary N) is 2. The Morgan fingerprint density at radius 1 is 1.14 bits per heavy atom. The lowest BCUT2D eigenvalue weighted by Gasteiger charge is -2.25. The van der Waals surface area contributed by atoms with Gasteiger partial charge >= 0.3 is 0 Å². The van der Waals surface area contributed by atoms with E-state index in [0.717, 1.165) is 50.5 Å². The molecule has 0 unspecified atom stereocenters. The summed E-state index contributed by atoms with van der Waals surface area (Å²) >= 11 is 6.18. The van der Waals surface area contributed by atoms with Gasteiger partial charge in [-0.3, -0.25) is 20.0 Å². The van der Waals surface area contributed by atoms with Gasteiger partial charge in [0.25, 0.3) is 5.91 Å². The summed E-state index contributed by atoms with van der Waals surface area (Å²) in [4.78, 5) is 19.7. The number of aryl methyl sites for hydroxylation is 1. The van der Waals surface area contributed by atoms with E-state index in [2.05, 4.69) is 33.5 Å². The lowest BCUT2D eigenvalue weighted by Crippen LogP contribution is -2.39. The van der Waals surface area contributed by atoms with Crippen molar-refractivity contribution in [3.63, 3.8) is 0 Å². The molecular formula is C22H27ClN4O2. The van der Waals surface area contributed by atoms with E-state index in [4.69, 9.17) is 16.3 Å². The molecule has 2 aromatic rings. The monoisotopic (exact) mass is 414 g/mol. The Bertz CT molecular complexity index is 850. The Hall–Kier alpha value is -2.41. The highest BCUT2D eigenvalue weighted by molar-refractivity contribution is 6.34. The second-order valence-corrected chi connectivity index (χ2v) is 7.16. The van der Waals surface area contributed by atoms with Crippen molar-refractivity contribution >= 4 is 29.2 Å². The van der Waals surface area contributed by atoms with Gasteiger partial charge in [-0.25, -0.2) is 0 Å². The van der Waals surface area contributed by atoms with Crippen LogP contribution >= 0.6 is 11.6 Å². The van der Waals surface area contributed by atoms with Crippen molar-refractivity contribution in [3.05, 3.63) is 64.7 Å². The number of anilines is 1. The average molecular weight is 415 g/mol. The van der Waals surface area contributed by atoms with Gasteiger partial charge < -0.3 is 10.1 Å². The number of hydrogen-bond acceptors (Lipinski definition) is 4. The number of rotatable bonds is 6. The zero-order valence-electron chi connectivity index (χ0n) is 16.7. The number of carbonyl (C=O) groups excluding carboxylic acids is 1. The van der Waals surface area contributed by atoms with E-state index in [1.54, 1.807) is 24.3 Å². The van der Waals surface area contributed by atoms with Gasteiger partial charge in [-0.05, 0) is 30.2 Å². The molecule has 6 nitrogen and oxygen atoms in total. The molecule has 0 aliphatic carbocycles. The van der Waals surface area contributed by atoms with Gasteiger partial charge in [0.2, 0.25) is 5.96 Å². The lowest BCUT2D eigenvalue weighted by molar-refractivity contribution is 0.0394. The number of guanidine groups is 1. The maximum Gasteiger partial charge on any atom is 0.259 e. The number of morpholine rings is 1. The van der Waals surface area contributed by atoms with E-state index in [9.17, 15) is 4.79 Å². The van der Waals surface area contributed by atoms with Crippen molar-refractivity contribution in [1.29, 1.82) is 0 Å². The molecular weight excluding hydrogens is 388 g/mol. The molecule has 2 aromatic carbocycles. The number of para-hydroxylation sites is 1. The average Bonchev–Trinajstić information content (AvgIpc) is 2.75. The first-order valence-electron chi connectivity index (χ1n) is 9.92. The van der Waals surface area contributed by atoms with Crippen LogP contribution in [0.15, 0.2) is 53.5 Å². The highest BCUT2D eigenvalue weighted by Crippen LogP contribution is 2.17. The summed E-state index contributed by atoms with van der Waals surface area (Å²) in [5.74, 6) is 0.131. The topological polar surface area (TPSA) is 66.0 Å². The normalized spacial score (nSPS) is 15.2. The molecule has 0 radical (unpaired) electrons. The summed E-state index contributed by atoms with van der Waals surface area (Å²) < 4.78 is 5.39. The molecule has 0 aromatic heterocycles. The maximum absolute atomic E-state index is 12.7. The number of benzene rings is 2. The summed E-state index contributed by atoms with van der Waals surface area (Å²) in [5.41, 5.74) is 2.50. The van der Waals surface area contributed by atoms with Gasteiger partial charge in [-0.2, -0.15) is 0 Å². The third kappa shape index (κ3) is 6.29. The van der Waals surface area contributed by atoms with E-state index >= 15 is 0 Å². The number of halogens is 1. The first-order chi connectivity index (χ1) is 14.2. The quantitative estimate of drug-likeness (QED) is 0.561. The molecule has 0 bridgehead atoms. The van der Waals surface area contributed by atoms with Gasteiger partial charge in [0.15, 0.2) is 0 Å². The molecule has 0 saturated carbocycles. The molecule has 1 heterocycles. The number of hydrogen-bond donors (Lipinski definition) is 2. The second kappa shape index (κ2) is 11.0. The van der Waals surface area contributed by atoms with E-state index in [1.165, 1.54) is 0 Å². The second-order valence-electron chi connectivity index (χ2n) is 6.75. The van der Waals surface area contributed by atoms with E-state index in [0.29, 0.717) is 23.1 Å². The minimum absolute atomic E-state index is 0.290. The predicted octanol–water partition coefficient (Wildman–Crippen LogP) is 3.43. The fraction of sp³-hybridized carbons (Fsp3) is 0.364. The lowest BCUT2D eigenvalue weighted by atomic mass is 10.1. The van der Waals surface area contributed by atoms with Crippen LogP contribution in [-0.2, 0) is 11.2 Å². The highest BCUT2D eigenvalue weighted by atomic mass is 35.5. The van der Waals surface area contributed by atoms with Crippen molar-refractivity contribution in [2.24, 2.45) is 4.99 Å². The predicted molar refractivity (Wildman–Crippen MR) is 118 cm³/mol. The third-order valence-electron chi connectivity index (χ3n) is 4.79. The smallest absolute Gasteiger partial charge is 0.259 e. The number of amides is 1. The van der Waals surface area contributed by atoms with Gasteiger partial charge in [-0.15, -0.1) is 0 Å². The summed E-state index contributed by atoms with van der Waals surface area (Å²) in [5, 5.41) is 6.58. The Kier molecular flexibility index (Phi) is 8.04. The highest BCUT2D eigenvalue weighted by Gasteiger charge is 2.14. The van der Waals surface area contributed by atoms with Gasteiger partial charge in [-0.1, -0.05) is 48.9 Å². The van der Waals surface area contributed by atoms with Gasteiger partial charge in [0.05, 0.1) is 30.3 Å². The van der Waals surface area contributed by atoms with Crippen LogP contribution in [0.4, 0.5) is 5.69 Å². The first-order valence-corrected chi connectivity index (χ1v) is 10.3.